The number of sulfone groups is 1. The maximum Gasteiger partial charge on any atom is 0.304 e. The standard InChI is InChI=1S/C15H21NO4S/c1-2-12-3-5-13(6-4-12)10-16-7-8-21(19,20)11-14(16)9-15(17)18/h3-6,14H,2,7-11H2,1H3,(H,17,18). The molecule has 0 bridgehead atoms. The summed E-state index contributed by atoms with van der Waals surface area (Å²) in [6, 6.07) is 7.73. The molecule has 1 heterocycles. The molecule has 1 aromatic carbocycles. The predicted octanol–water partition coefficient (Wildman–Crippen LogP) is 1.32. The first kappa shape index (κ1) is 16.0. The van der Waals surface area contributed by atoms with Crippen molar-refractivity contribution in [3.63, 3.8) is 0 Å². The van der Waals surface area contributed by atoms with E-state index in [0.29, 0.717) is 13.1 Å². The van der Waals surface area contributed by atoms with Crippen LogP contribution in [-0.4, -0.2) is 48.5 Å². The molecule has 1 N–H and O–H groups in total. The Kier molecular flexibility index (Phi) is 5.00. The van der Waals surface area contributed by atoms with Crippen LogP contribution in [0.4, 0.5) is 0 Å². The highest BCUT2D eigenvalue weighted by molar-refractivity contribution is 7.91. The van der Waals surface area contributed by atoms with Crippen LogP contribution in [0.15, 0.2) is 24.3 Å². The lowest BCUT2D eigenvalue weighted by molar-refractivity contribution is -0.138. The largest absolute Gasteiger partial charge is 0.481 e. The van der Waals surface area contributed by atoms with Crippen LogP contribution in [0.5, 0.6) is 0 Å². The van der Waals surface area contributed by atoms with Gasteiger partial charge < -0.3 is 5.11 Å². The summed E-state index contributed by atoms with van der Waals surface area (Å²) in [5.41, 5.74) is 2.34. The number of aryl methyl sites for hydroxylation is 1. The lowest BCUT2D eigenvalue weighted by Crippen LogP contribution is -2.48. The highest BCUT2D eigenvalue weighted by Gasteiger charge is 2.32. The van der Waals surface area contributed by atoms with Gasteiger partial charge in [0.05, 0.1) is 17.9 Å². The molecule has 0 radical (unpaired) electrons. The van der Waals surface area contributed by atoms with Gasteiger partial charge in [0.2, 0.25) is 0 Å². The lowest BCUT2D eigenvalue weighted by Gasteiger charge is -2.34. The molecule has 1 atom stereocenters. The number of benzene rings is 1. The molecular weight excluding hydrogens is 290 g/mol. The van der Waals surface area contributed by atoms with Gasteiger partial charge in [0, 0.05) is 19.1 Å². The number of carbonyl (C=O) groups is 1. The first-order chi connectivity index (χ1) is 9.89. The second-order valence-corrected chi connectivity index (χ2v) is 7.74. The van der Waals surface area contributed by atoms with Crippen LogP contribution in [0.2, 0.25) is 0 Å². The third-order valence-corrected chi connectivity index (χ3v) is 5.58. The maximum atomic E-state index is 11.7. The number of carboxylic acid groups (broad SMARTS) is 1. The van der Waals surface area contributed by atoms with Gasteiger partial charge in [0.15, 0.2) is 9.84 Å². The summed E-state index contributed by atoms with van der Waals surface area (Å²) in [6.07, 6.45) is 0.843. The van der Waals surface area contributed by atoms with Crippen molar-refractivity contribution in [2.45, 2.75) is 32.4 Å². The van der Waals surface area contributed by atoms with E-state index in [1.54, 1.807) is 0 Å². The molecule has 116 valence electrons. The molecular formula is C15H21NO4S. The Hall–Kier alpha value is -1.40. The molecule has 0 aliphatic carbocycles. The fourth-order valence-electron chi connectivity index (χ4n) is 2.63. The lowest BCUT2D eigenvalue weighted by atomic mass is 10.1. The molecule has 0 aromatic heterocycles. The SMILES string of the molecule is CCc1ccc(CN2CCS(=O)(=O)CC2CC(=O)O)cc1. The van der Waals surface area contributed by atoms with E-state index >= 15 is 0 Å². The molecule has 2 rings (SSSR count). The normalized spacial score (nSPS) is 22.0. The van der Waals surface area contributed by atoms with Crippen LogP contribution in [0.1, 0.15) is 24.5 Å². The zero-order valence-electron chi connectivity index (χ0n) is 12.2. The Morgan fingerprint density at radius 2 is 1.90 bits per heavy atom. The van der Waals surface area contributed by atoms with Crippen LogP contribution in [0, 0.1) is 0 Å². The van der Waals surface area contributed by atoms with Crippen molar-refractivity contribution in [2.24, 2.45) is 0 Å². The quantitative estimate of drug-likeness (QED) is 0.888. The topological polar surface area (TPSA) is 74.7 Å². The van der Waals surface area contributed by atoms with Crippen molar-refractivity contribution in [3.05, 3.63) is 35.4 Å². The number of nitrogens with zero attached hydrogens (tertiary/aromatic N) is 1. The Morgan fingerprint density at radius 1 is 1.29 bits per heavy atom. The van der Waals surface area contributed by atoms with E-state index in [-0.39, 0.29) is 17.9 Å². The van der Waals surface area contributed by atoms with Crippen LogP contribution in [0.25, 0.3) is 0 Å². The predicted molar refractivity (Wildman–Crippen MR) is 80.9 cm³/mol. The fourth-order valence-corrected chi connectivity index (χ4v) is 4.23. The van der Waals surface area contributed by atoms with Gasteiger partial charge in [0.25, 0.3) is 0 Å². The number of hydrogen-bond donors (Lipinski definition) is 1. The average Bonchev–Trinajstić information content (AvgIpc) is 2.41. The number of rotatable bonds is 5. The molecule has 0 spiro atoms. The van der Waals surface area contributed by atoms with Crippen LogP contribution < -0.4 is 0 Å². The van der Waals surface area contributed by atoms with E-state index in [1.165, 1.54) is 5.56 Å². The Balaban J connectivity index is 2.09. The summed E-state index contributed by atoms with van der Waals surface area (Å²) in [5, 5.41) is 8.97. The van der Waals surface area contributed by atoms with Crippen LogP contribution in [0.3, 0.4) is 0 Å². The van der Waals surface area contributed by atoms with Crippen molar-refractivity contribution >= 4 is 15.8 Å². The van der Waals surface area contributed by atoms with Gasteiger partial charge in [-0.15, -0.1) is 0 Å². The molecule has 1 saturated heterocycles. The molecule has 0 amide bonds. The fraction of sp³-hybridized carbons (Fsp3) is 0.533. The van der Waals surface area contributed by atoms with Crippen molar-refractivity contribution in [1.29, 1.82) is 0 Å². The highest BCUT2D eigenvalue weighted by Crippen LogP contribution is 2.18. The summed E-state index contributed by atoms with van der Waals surface area (Å²) >= 11 is 0. The van der Waals surface area contributed by atoms with Gasteiger partial charge in [-0.05, 0) is 17.5 Å². The van der Waals surface area contributed by atoms with Crippen molar-refractivity contribution in [3.8, 4) is 0 Å². The molecule has 1 aliphatic rings. The third-order valence-electron chi connectivity index (χ3n) is 3.88. The van der Waals surface area contributed by atoms with E-state index in [2.05, 4.69) is 19.1 Å². The second kappa shape index (κ2) is 6.58. The first-order valence-corrected chi connectivity index (χ1v) is 8.96. The second-order valence-electron chi connectivity index (χ2n) is 5.51. The minimum Gasteiger partial charge on any atom is -0.481 e. The molecule has 0 saturated carbocycles. The summed E-state index contributed by atoms with van der Waals surface area (Å²) in [5.74, 6) is -0.911. The van der Waals surface area contributed by atoms with Crippen molar-refractivity contribution in [2.75, 3.05) is 18.1 Å². The third kappa shape index (κ3) is 4.54. The van der Waals surface area contributed by atoms with E-state index in [9.17, 15) is 13.2 Å². The van der Waals surface area contributed by atoms with E-state index in [1.807, 2.05) is 17.0 Å². The van der Waals surface area contributed by atoms with Gasteiger partial charge >= 0.3 is 5.97 Å². The Labute approximate surface area is 125 Å². The van der Waals surface area contributed by atoms with Crippen LogP contribution >= 0.6 is 0 Å². The van der Waals surface area contributed by atoms with E-state index in [0.717, 1.165) is 12.0 Å². The van der Waals surface area contributed by atoms with Gasteiger partial charge in [0.1, 0.15) is 0 Å². The number of aliphatic carboxylic acids is 1. The Morgan fingerprint density at radius 3 is 2.48 bits per heavy atom. The van der Waals surface area contributed by atoms with Gasteiger partial charge in [-0.1, -0.05) is 31.2 Å². The summed E-state index contributed by atoms with van der Waals surface area (Å²) < 4.78 is 23.4. The highest BCUT2D eigenvalue weighted by atomic mass is 32.2. The van der Waals surface area contributed by atoms with Gasteiger partial charge in [-0.3, -0.25) is 9.69 Å². The molecule has 1 fully saturated rings. The number of hydrogen-bond acceptors (Lipinski definition) is 4. The zero-order chi connectivity index (χ0) is 15.5. The summed E-state index contributed by atoms with van der Waals surface area (Å²) in [6.45, 7) is 3.08. The average molecular weight is 311 g/mol. The number of carboxylic acids is 1. The van der Waals surface area contributed by atoms with E-state index < -0.39 is 21.8 Å². The van der Waals surface area contributed by atoms with Crippen molar-refractivity contribution in [1.82, 2.24) is 4.90 Å². The minimum atomic E-state index is -3.12. The maximum absolute atomic E-state index is 11.7. The zero-order valence-corrected chi connectivity index (χ0v) is 13.0. The molecule has 1 unspecified atom stereocenters. The summed E-state index contributed by atoms with van der Waals surface area (Å²) in [7, 11) is -3.12. The molecule has 1 aromatic rings. The van der Waals surface area contributed by atoms with Gasteiger partial charge in [-0.2, -0.15) is 0 Å². The Bertz CT molecular complexity index is 595. The molecule has 5 nitrogen and oxygen atoms in total. The van der Waals surface area contributed by atoms with E-state index in [4.69, 9.17) is 5.11 Å². The summed E-state index contributed by atoms with van der Waals surface area (Å²) in [4.78, 5) is 12.9. The molecule has 6 heteroatoms. The first-order valence-electron chi connectivity index (χ1n) is 7.13. The van der Waals surface area contributed by atoms with Crippen LogP contribution in [-0.2, 0) is 27.6 Å². The molecule has 1 aliphatic heterocycles. The van der Waals surface area contributed by atoms with Crippen molar-refractivity contribution < 1.29 is 18.3 Å². The molecule has 21 heavy (non-hydrogen) atoms. The van der Waals surface area contributed by atoms with Gasteiger partial charge in [-0.25, -0.2) is 8.42 Å². The minimum absolute atomic E-state index is 0.0632. The monoisotopic (exact) mass is 311 g/mol. The smallest absolute Gasteiger partial charge is 0.304 e.